The number of benzene rings is 1. The van der Waals surface area contributed by atoms with E-state index in [9.17, 15) is 0 Å². The lowest BCUT2D eigenvalue weighted by Gasteiger charge is -2.38. The van der Waals surface area contributed by atoms with Crippen molar-refractivity contribution < 1.29 is 4.74 Å². The van der Waals surface area contributed by atoms with E-state index in [4.69, 9.17) is 4.74 Å². The van der Waals surface area contributed by atoms with Gasteiger partial charge < -0.3 is 4.74 Å². The second kappa shape index (κ2) is 12.8. The Morgan fingerprint density at radius 1 is 0.727 bits per heavy atom. The van der Waals surface area contributed by atoms with Crippen molar-refractivity contribution in [2.75, 3.05) is 6.61 Å². The first-order chi connectivity index (χ1) is 16.2. The molecule has 0 radical (unpaired) electrons. The molecule has 1 nitrogen and oxygen atoms in total. The van der Waals surface area contributed by atoms with Crippen LogP contribution in [-0.2, 0) is 4.74 Å². The van der Waals surface area contributed by atoms with Gasteiger partial charge in [-0.2, -0.15) is 0 Å². The molecule has 4 rings (SSSR count). The number of ether oxygens (including phenoxy) is 1. The van der Waals surface area contributed by atoms with E-state index in [1.54, 1.807) is 11.1 Å². The van der Waals surface area contributed by atoms with Crippen LogP contribution in [0, 0.1) is 23.7 Å². The van der Waals surface area contributed by atoms with Gasteiger partial charge in [0.15, 0.2) is 0 Å². The van der Waals surface area contributed by atoms with Crippen molar-refractivity contribution in [3.8, 4) is 0 Å². The van der Waals surface area contributed by atoms with Gasteiger partial charge >= 0.3 is 0 Å². The summed E-state index contributed by atoms with van der Waals surface area (Å²) in [4.78, 5) is 0. The van der Waals surface area contributed by atoms with E-state index in [-0.39, 0.29) is 0 Å². The Balaban J connectivity index is 1.18. The normalized spacial score (nSPS) is 34.2. The number of rotatable bonds is 9. The van der Waals surface area contributed by atoms with Gasteiger partial charge in [-0.25, -0.2) is 0 Å². The summed E-state index contributed by atoms with van der Waals surface area (Å²) in [5.74, 6) is 5.59. The largest absolute Gasteiger partial charge is 0.379 e. The van der Waals surface area contributed by atoms with Gasteiger partial charge in [-0.3, -0.25) is 0 Å². The molecule has 0 unspecified atom stereocenters. The molecule has 0 heterocycles. The van der Waals surface area contributed by atoms with E-state index in [1.807, 2.05) is 0 Å². The van der Waals surface area contributed by atoms with E-state index in [2.05, 4.69) is 45.0 Å². The summed E-state index contributed by atoms with van der Waals surface area (Å²) >= 11 is 0. The van der Waals surface area contributed by atoms with Crippen molar-refractivity contribution in [3.05, 3.63) is 35.4 Å². The zero-order valence-corrected chi connectivity index (χ0v) is 22.1. The first kappa shape index (κ1) is 25.3. The quantitative estimate of drug-likeness (QED) is 0.362. The summed E-state index contributed by atoms with van der Waals surface area (Å²) in [5.41, 5.74) is 3.13. The molecule has 33 heavy (non-hydrogen) atoms. The lowest BCUT2D eigenvalue weighted by molar-refractivity contribution is 0.0328. The van der Waals surface area contributed by atoms with Crippen LogP contribution >= 0.6 is 0 Å². The van der Waals surface area contributed by atoms with E-state index < -0.39 is 0 Å². The zero-order valence-electron chi connectivity index (χ0n) is 22.1. The van der Waals surface area contributed by atoms with Crippen molar-refractivity contribution >= 4 is 0 Å². The summed E-state index contributed by atoms with van der Waals surface area (Å²) in [6.07, 6.45) is 22.0. The standard InChI is InChI=1S/C32H52O/c1-4-6-25-7-11-28(12-8-25)29-13-9-26(10-14-29)23-24(3)27-15-17-30(18-16-27)31-19-21-32(22-20-31)33-5-2/h15-18,24-26,28-29,31-32H,4-14,19-23H2,1-3H3/t24-,25?,26?,28?,29?,31?,32?/m1/s1. The van der Waals surface area contributed by atoms with Gasteiger partial charge in [0.1, 0.15) is 0 Å². The molecule has 1 heteroatoms. The van der Waals surface area contributed by atoms with Crippen LogP contribution in [0.4, 0.5) is 0 Å². The highest BCUT2D eigenvalue weighted by Gasteiger charge is 2.31. The monoisotopic (exact) mass is 452 g/mol. The van der Waals surface area contributed by atoms with Crippen LogP contribution in [0.3, 0.4) is 0 Å². The van der Waals surface area contributed by atoms with E-state index in [1.165, 1.54) is 96.3 Å². The van der Waals surface area contributed by atoms with Gasteiger partial charge in [-0.05, 0) is 111 Å². The van der Waals surface area contributed by atoms with Gasteiger partial charge in [0, 0.05) is 6.61 Å². The van der Waals surface area contributed by atoms with Crippen LogP contribution in [0.5, 0.6) is 0 Å². The van der Waals surface area contributed by atoms with Gasteiger partial charge in [0.2, 0.25) is 0 Å². The molecule has 1 aromatic carbocycles. The maximum Gasteiger partial charge on any atom is 0.0575 e. The van der Waals surface area contributed by atoms with Crippen molar-refractivity contribution in [2.45, 2.75) is 135 Å². The maximum atomic E-state index is 5.84. The van der Waals surface area contributed by atoms with Gasteiger partial charge in [0.25, 0.3) is 0 Å². The molecule has 0 N–H and O–H groups in total. The summed E-state index contributed by atoms with van der Waals surface area (Å²) < 4.78 is 5.84. The Bertz CT molecular complexity index is 654. The van der Waals surface area contributed by atoms with Crippen LogP contribution < -0.4 is 0 Å². The summed E-state index contributed by atoms with van der Waals surface area (Å²) in [5, 5.41) is 0. The molecule has 3 fully saturated rings. The summed E-state index contributed by atoms with van der Waals surface area (Å²) in [7, 11) is 0. The molecular weight excluding hydrogens is 400 g/mol. The summed E-state index contributed by atoms with van der Waals surface area (Å²) in [6.45, 7) is 7.82. The molecule has 3 aliphatic carbocycles. The van der Waals surface area contributed by atoms with Gasteiger partial charge in [-0.1, -0.05) is 76.6 Å². The van der Waals surface area contributed by atoms with Crippen LogP contribution in [0.1, 0.15) is 140 Å². The zero-order chi connectivity index (χ0) is 23.0. The lowest BCUT2D eigenvalue weighted by atomic mass is 9.67. The first-order valence-corrected chi connectivity index (χ1v) is 14.9. The minimum Gasteiger partial charge on any atom is -0.379 e. The first-order valence-electron chi connectivity index (χ1n) is 14.9. The SMILES string of the molecule is CCCC1CCC(C2CCC(C[C@@H](C)c3ccc(C4CCC(OCC)CC4)cc3)CC2)CC1. The third-order valence-corrected chi connectivity index (χ3v) is 9.89. The lowest BCUT2D eigenvalue weighted by Crippen LogP contribution is -2.26. The molecule has 0 saturated heterocycles. The minimum absolute atomic E-state index is 0.511. The Labute approximate surface area is 205 Å². The average Bonchev–Trinajstić information content (AvgIpc) is 2.86. The van der Waals surface area contributed by atoms with Crippen molar-refractivity contribution in [3.63, 3.8) is 0 Å². The van der Waals surface area contributed by atoms with Gasteiger partial charge in [-0.15, -0.1) is 0 Å². The van der Waals surface area contributed by atoms with E-state index >= 15 is 0 Å². The predicted molar refractivity (Wildman–Crippen MR) is 142 cm³/mol. The molecule has 0 amide bonds. The molecule has 0 spiro atoms. The fourth-order valence-electron chi connectivity index (χ4n) is 7.78. The van der Waals surface area contributed by atoms with Crippen LogP contribution in [0.2, 0.25) is 0 Å². The van der Waals surface area contributed by atoms with Crippen molar-refractivity contribution in [1.82, 2.24) is 0 Å². The molecular formula is C32H52O. The van der Waals surface area contributed by atoms with E-state index in [0.29, 0.717) is 12.0 Å². The second-order valence-electron chi connectivity index (χ2n) is 12.1. The second-order valence-corrected chi connectivity index (χ2v) is 12.1. The predicted octanol–water partition coefficient (Wildman–Crippen LogP) is 9.66. The third kappa shape index (κ3) is 7.09. The Morgan fingerprint density at radius 2 is 1.30 bits per heavy atom. The Hall–Kier alpha value is -0.820. The van der Waals surface area contributed by atoms with Crippen molar-refractivity contribution in [1.29, 1.82) is 0 Å². The van der Waals surface area contributed by atoms with Gasteiger partial charge in [0.05, 0.1) is 6.10 Å². The molecule has 0 aliphatic heterocycles. The fourth-order valence-corrected chi connectivity index (χ4v) is 7.78. The number of hydrogen-bond acceptors (Lipinski definition) is 1. The highest BCUT2D eigenvalue weighted by Crippen LogP contribution is 2.44. The van der Waals surface area contributed by atoms with Crippen LogP contribution in [0.25, 0.3) is 0 Å². The van der Waals surface area contributed by atoms with Crippen LogP contribution in [-0.4, -0.2) is 12.7 Å². The molecule has 0 aromatic heterocycles. The van der Waals surface area contributed by atoms with Crippen molar-refractivity contribution in [2.24, 2.45) is 23.7 Å². The molecule has 3 aliphatic rings. The smallest absolute Gasteiger partial charge is 0.0575 e. The summed E-state index contributed by atoms with van der Waals surface area (Å²) in [6, 6.07) is 9.80. The number of hydrogen-bond donors (Lipinski definition) is 0. The van der Waals surface area contributed by atoms with E-state index in [0.717, 1.165) is 36.2 Å². The third-order valence-electron chi connectivity index (χ3n) is 9.89. The topological polar surface area (TPSA) is 9.23 Å². The highest BCUT2D eigenvalue weighted by molar-refractivity contribution is 5.28. The highest BCUT2D eigenvalue weighted by atomic mass is 16.5. The molecule has 186 valence electrons. The van der Waals surface area contributed by atoms with Crippen LogP contribution in [0.15, 0.2) is 24.3 Å². The Kier molecular flexibility index (Phi) is 9.77. The molecule has 0 bridgehead atoms. The Morgan fingerprint density at radius 3 is 1.85 bits per heavy atom. The molecule has 1 atom stereocenters. The average molecular weight is 453 g/mol. The minimum atomic E-state index is 0.511. The maximum absolute atomic E-state index is 5.84. The molecule has 3 saturated carbocycles. The molecule has 1 aromatic rings. The fraction of sp³-hybridized carbons (Fsp3) is 0.812.